The second kappa shape index (κ2) is 2.51. The van der Waals surface area contributed by atoms with Crippen LogP contribution in [0.3, 0.4) is 0 Å². The van der Waals surface area contributed by atoms with E-state index in [-0.39, 0.29) is 0 Å². The zero-order chi connectivity index (χ0) is 6.97. The standard InChI is InChI=1S/C8H16N2/c1-9-8-4-7-3-2-6(8)5-10-7/h6-10H,2-5H2,1H3/t6-,7-,8+/m0/s1. The van der Waals surface area contributed by atoms with Crippen molar-refractivity contribution in [3.8, 4) is 0 Å². The zero-order valence-corrected chi connectivity index (χ0v) is 6.56. The summed E-state index contributed by atoms with van der Waals surface area (Å²) in [7, 11) is 2.09. The smallest absolute Gasteiger partial charge is 0.0119 e. The Morgan fingerprint density at radius 1 is 1.40 bits per heavy atom. The second-order valence-corrected chi connectivity index (χ2v) is 3.57. The molecular weight excluding hydrogens is 124 g/mol. The summed E-state index contributed by atoms with van der Waals surface area (Å²) < 4.78 is 0. The molecule has 2 bridgehead atoms. The minimum Gasteiger partial charge on any atom is -0.317 e. The van der Waals surface area contributed by atoms with E-state index in [1.165, 1.54) is 25.8 Å². The van der Waals surface area contributed by atoms with Crippen molar-refractivity contribution in [3.63, 3.8) is 0 Å². The van der Waals surface area contributed by atoms with E-state index in [1.807, 2.05) is 0 Å². The van der Waals surface area contributed by atoms with Gasteiger partial charge in [-0.1, -0.05) is 0 Å². The fourth-order valence-corrected chi connectivity index (χ4v) is 2.33. The molecule has 0 unspecified atom stereocenters. The number of hydrogen-bond acceptors (Lipinski definition) is 2. The van der Waals surface area contributed by atoms with E-state index < -0.39 is 0 Å². The Bertz CT molecular complexity index is 116. The molecule has 3 fully saturated rings. The van der Waals surface area contributed by atoms with E-state index in [0.717, 1.165) is 18.0 Å². The topological polar surface area (TPSA) is 24.1 Å². The monoisotopic (exact) mass is 140 g/mol. The Morgan fingerprint density at radius 2 is 2.30 bits per heavy atom. The van der Waals surface area contributed by atoms with E-state index >= 15 is 0 Å². The molecule has 2 saturated heterocycles. The maximum Gasteiger partial charge on any atom is 0.0119 e. The van der Waals surface area contributed by atoms with Gasteiger partial charge in [0.25, 0.3) is 0 Å². The van der Waals surface area contributed by atoms with Gasteiger partial charge in [-0.05, 0) is 38.8 Å². The van der Waals surface area contributed by atoms with Crippen molar-refractivity contribution in [1.29, 1.82) is 0 Å². The maximum absolute atomic E-state index is 3.54. The number of nitrogens with one attached hydrogen (secondary N) is 2. The molecule has 2 heteroatoms. The molecule has 0 aromatic carbocycles. The summed E-state index contributed by atoms with van der Waals surface area (Å²) in [6.45, 7) is 1.25. The van der Waals surface area contributed by atoms with Crippen LogP contribution in [-0.4, -0.2) is 25.7 Å². The van der Waals surface area contributed by atoms with Crippen LogP contribution in [0.4, 0.5) is 0 Å². The zero-order valence-electron chi connectivity index (χ0n) is 6.56. The molecule has 2 N–H and O–H groups in total. The van der Waals surface area contributed by atoms with Crippen LogP contribution in [0.2, 0.25) is 0 Å². The highest BCUT2D eigenvalue weighted by atomic mass is 15.0. The summed E-state index contributed by atoms with van der Waals surface area (Å²) >= 11 is 0. The van der Waals surface area contributed by atoms with Crippen LogP contribution in [0, 0.1) is 5.92 Å². The lowest BCUT2D eigenvalue weighted by Gasteiger charge is -2.43. The van der Waals surface area contributed by atoms with E-state index in [1.54, 1.807) is 0 Å². The highest BCUT2D eigenvalue weighted by Gasteiger charge is 2.33. The first-order chi connectivity index (χ1) is 4.90. The molecule has 3 rings (SSSR count). The van der Waals surface area contributed by atoms with E-state index in [4.69, 9.17) is 0 Å². The number of rotatable bonds is 1. The molecule has 3 aliphatic rings. The quantitative estimate of drug-likeness (QED) is 0.549. The van der Waals surface area contributed by atoms with Crippen LogP contribution in [0.15, 0.2) is 0 Å². The highest BCUT2D eigenvalue weighted by Crippen LogP contribution is 2.28. The summed E-state index contributed by atoms with van der Waals surface area (Å²) in [5, 5.41) is 6.94. The van der Waals surface area contributed by atoms with Gasteiger partial charge in [-0.3, -0.25) is 0 Å². The van der Waals surface area contributed by atoms with Crippen molar-refractivity contribution in [1.82, 2.24) is 10.6 Å². The molecule has 0 aromatic heterocycles. The average molecular weight is 140 g/mol. The molecule has 1 saturated carbocycles. The normalized spacial score (nSPS) is 45.9. The van der Waals surface area contributed by atoms with Crippen molar-refractivity contribution in [2.75, 3.05) is 13.6 Å². The van der Waals surface area contributed by atoms with Crippen LogP contribution in [-0.2, 0) is 0 Å². The van der Waals surface area contributed by atoms with Crippen LogP contribution >= 0.6 is 0 Å². The van der Waals surface area contributed by atoms with E-state index in [2.05, 4.69) is 17.7 Å². The van der Waals surface area contributed by atoms with Crippen molar-refractivity contribution in [3.05, 3.63) is 0 Å². The summed E-state index contributed by atoms with van der Waals surface area (Å²) in [5.41, 5.74) is 0. The first kappa shape index (κ1) is 6.62. The Labute approximate surface area is 62.4 Å². The Morgan fingerprint density at radius 3 is 2.60 bits per heavy atom. The SMILES string of the molecule is CN[C@@H]1C[C@@H]2CC[C@H]1CN2. The molecule has 1 aliphatic carbocycles. The summed E-state index contributed by atoms with van der Waals surface area (Å²) in [6.07, 6.45) is 4.19. The van der Waals surface area contributed by atoms with Crippen LogP contribution in [0.5, 0.6) is 0 Å². The van der Waals surface area contributed by atoms with Gasteiger partial charge in [-0.2, -0.15) is 0 Å². The first-order valence-electron chi connectivity index (χ1n) is 4.31. The Balaban J connectivity index is 2.01. The van der Waals surface area contributed by atoms with Gasteiger partial charge in [-0.25, -0.2) is 0 Å². The number of hydrogen-bond donors (Lipinski definition) is 2. The van der Waals surface area contributed by atoms with Gasteiger partial charge in [0.1, 0.15) is 0 Å². The van der Waals surface area contributed by atoms with Gasteiger partial charge in [0.15, 0.2) is 0 Å². The third kappa shape index (κ3) is 0.956. The predicted molar refractivity (Wildman–Crippen MR) is 42.0 cm³/mol. The molecule has 10 heavy (non-hydrogen) atoms. The van der Waals surface area contributed by atoms with E-state index in [9.17, 15) is 0 Å². The average Bonchev–Trinajstić information content (AvgIpc) is 2.06. The van der Waals surface area contributed by atoms with Crippen LogP contribution in [0.1, 0.15) is 19.3 Å². The predicted octanol–water partition coefficient (Wildman–Crippen LogP) is 0.346. The van der Waals surface area contributed by atoms with Crippen molar-refractivity contribution in [2.45, 2.75) is 31.3 Å². The summed E-state index contributed by atoms with van der Waals surface area (Å²) in [4.78, 5) is 0. The summed E-state index contributed by atoms with van der Waals surface area (Å²) in [5.74, 6) is 0.912. The molecule has 0 amide bonds. The second-order valence-electron chi connectivity index (χ2n) is 3.57. The van der Waals surface area contributed by atoms with Gasteiger partial charge in [-0.15, -0.1) is 0 Å². The minimum atomic E-state index is 0.806. The van der Waals surface area contributed by atoms with Crippen LogP contribution in [0.25, 0.3) is 0 Å². The lowest BCUT2D eigenvalue weighted by molar-refractivity contribution is 0.163. The lowest BCUT2D eigenvalue weighted by atomic mass is 9.78. The Kier molecular flexibility index (Phi) is 1.66. The van der Waals surface area contributed by atoms with Gasteiger partial charge in [0, 0.05) is 12.1 Å². The largest absolute Gasteiger partial charge is 0.317 e. The van der Waals surface area contributed by atoms with Crippen molar-refractivity contribution in [2.24, 2.45) is 5.92 Å². The van der Waals surface area contributed by atoms with Crippen molar-refractivity contribution >= 4 is 0 Å². The maximum atomic E-state index is 3.54. The fraction of sp³-hybridized carbons (Fsp3) is 1.00. The first-order valence-corrected chi connectivity index (χ1v) is 4.31. The molecule has 2 aliphatic heterocycles. The van der Waals surface area contributed by atoms with Crippen molar-refractivity contribution < 1.29 is 0 Å². The third-order valence-corrected chi connectivity index (χ3v) is 3.03. The molecule has 58 valence electrons. The molecule has 2 heterocycles. The Hall–Kier alpha value is -0.0800. The fourth-order valence-electron chi connectivity index (χ4n) is 2.33. The highest BCUT2D eigenvalue weighted by molar-refractivity contribution is 4.93. The van der Waals surface area contributed by atoms with E-state index in [0.29, 0.717) is 0 Å². The number of fused-ring (bicyclic) bond motifs is 3. The molecular formula is C8H16N2. The van der Waals surface area contributed by atoms with Gasteiger partial charge < -0.3 is 10.6 Å². The lowest BCUT2D eigenvalue weighted by Crippen LogP contribution is -2.55. The molecule has 2 nitrogen and oxygen atoms in total. The minimum absolute atomic E-state index is 0.806. The van der Waals surface area contributed by atoms with Gasteiger partial charge in [0.05, 0.1) is 0 Å². The van der Waals surface area contributed by atoms with Gasteiger partial charge in [0.2, 0.25) is 0 Å². The summed E-state index contributed by atoms with van der Waals surface area (Å²) in [6, 6.07) is 1.63. The number of piperidine rings is 2. The van der Waals surface area contributed by atoms with Crippen LogP contribution < -0.4 is 10.6 Å². The molecule has 3 atom stereocenters. The molecule has 0 radical (unpaired) electrons. The third-order valence-electron chi connectivity index (χ3n) is 3.03. The molecule has 0 spiro atoms. The molecule has 0 aromatic rings. The van der Waals surface area contributed by atoms with Gasteiger partial charge >= 0.3 is 0 Å².